The molecule has 0 saturated heterocycles. The molecular weight excluding hydrogens is 362 g/mol. The molecule has 2 aromatic carbocycles. The van der Waals surface area contributed by atoms with Crippen LogP contribution in [0.5, 0.6) is 0 Å². The van der Waals surface area contributed by atoms with Gasteiger partial charge in [-0.25, -0.2) is 4.98 Å². The van der Waals surface area contributed by atoms with Crippen molar-refractivity contribution >= 4 is 0 Å². The van der Waals surface area contributed by atoms with Gasteiger partial charge in [0.2, 0.25) is 0 Å². The Hall–Kier alpha value is -3.29. The van der Waals surface area contributed by atoms with Gasteiger partial charge in [-0.3, -0.25) is 0 Å². The minimum atomic E-state index is 0.00194. The van der Waals surface area contributed by atoms with Gasteiger partial charge in [0.05, 0.1) is 11.4 Å². The molecule has 0 amide bonds. The zero-order valence-electron chi connectivity index (χ0n) is 18.8. The van der Waals surface area contributed by atoms with Crippen LogP contribution in [0.15, 0.2) is 54.6 Å². The van der Waals surface area contributed by atoms with Crippen molar-refractivity contribution in [2.24, 2.45) is 0 Å². The van der Waals surface area contributed by atoms with Crippen LogP contribution in [0.4, 0.5) is 0 Å². The summed E-state index contributed by atoms with van der Waals surface area (Å²) in [5, 5.41) is 0. The summed E-state index contributed by atoms with van der Waals surface area (Å²) < 4.78 is 0. The molecule has 1 aromatic heterocycles. The highest BCUT2D eigenvalue weighted by Gasteiger charge is 2.18. The monoisotopic (exact) mass is 391 g/mol. The summed E-state index contributed by atoms with van der Waals surface area (Å²) in [6, 6.07) is 18.7. The van der Waals surface area contributed by atoms with Gasteiger partial charge in [0.25, 0.3) is 0 Å². The van der Waals surface area contributed by atoms with E-state index in [0.29, 0.717) is 0 Å². The molecule has 1 heteroatoms. The van der Waals surface area contributed by atoms with Gasteiger partial charge in [0.1, 0.15) is 0 Å². The lowest BCUT2D eigenvalue weighted by atomic mass is 9.84. The van der Waals surface area contributed by atoms with Gasteiger partial charge in [-0.2, -0.15) is 0 Å². The number of benzene rings is 2. The molecule has 0 aliphatic rings. The van der Waals surface area contributed by atoms with Crippen LogP contribution < -0.4 is 0 Å². The van der Waals surface area contributed by atoms with E-state index in [1.54, 1.807) is 0 Å². The summed E-state index contributed by atoms with van der Waals surface area (Å²) in [4.78, 5) is 4.97. The summed E-state index contributed by atoms with van der Waals surface area (Å²) in [6.07, 6.45) is 11.5. The maximum Gasteiger partial charge on any atom is 0.0710 e. The van der Waals surface area contributed by atoms with E-state index in [1.807, 2.05) is 30.3 Å². The van der Waals surface area contributed by atoms with E-state index in [1.165, 1.54) is 11.1 Å². The fraction of sp³-hybridized carbons (Fsp3) is 0.276. The van der Waals surface area contributed by atoms with Crippen LogP contribution in [-0.4, -0.2) is 4.98 Å². The van der Waals surface area contributed by atoms with Crippen LogP contribution >= 0.6 is 0 Å². The fourth-order valence-electron chi connectivity index (χ4n) is 3.34. The molecule has 1 nitrogen and oxygen atoms in total. The van der Waals surface area contributed by atoms with Crippen molar-refractivity contribution in [2.75, 3.05) is 0 Å². The van der Waals surface area contributed by atoms with Crippen molar-refractivity contribution in [1.82, 2.24) is 4.98 Å². The second kappa shape index (κ2) is 7.85. The summed E-state index contributed by atoms with van der Waals surface area (Å²) in [5.41, 5.74) is 8.00. The number of rotatable bonds is 2. The lowest BCUT2D eigenvalue weighted by Gasteiger charge is -2.21. The SMILES string of the molecule is C#Cc1cc(-c2cccc(-c3cc(C#C)cc(C(C)(C)C)c3)n2)cc(C(C)(C)C)c1. The Morgan fingerprint density at radius 1 is 0.633 bits per heavy atom. The highest BCUT2D eigenvalue weighted by atomic mass is 14.7. The van der Waals surface area contributed by atoms with Crippen molar-refractivity contribution in [3.8, 4) is 47.2 Å². The number of terminal acetylenes is 2. The van der Waals surface area contributed by atoms with Gasteiger partial charge in [0.15, 0.2) is 0 Å². The third-order valence-corrected chi connectivity index (χ3v) is 5.27. The number of hydrogen-bond acceptors (Lipinski definition) is 1. The first-order valence-electron chi connectivity index (χ1n) is 10.2. The van der Waals surface area contributed by atoms with Crippen LogP contribution in [-0.2, 0) is 10.8 Å². The molecule has 0 radical (unpaired) electrons. The molecule has 150 valence electrons. The zero-order chi connectivity index (χ0) is 22.1. The number of hydrogen-bond donors (Lipinski definition) is 0. The van der Waals surface area contributed by atoms with Gasteiger partial charge in [-0.05, 0) is 70.5 Å². The van der Waals surface area contributed by atoms with E-state index < -0.39 is 0 Å². The minimum Gasteiger partial charge on any atom is -0.248 e. The highest BCUT2D eigenvalue weighted by molar-refractivity contribution is 5.69. The molecule has 0 atom stereocenters. The number of pyridine rings is 1. The maximum absolute atomic E-state index is 5.73. The second-order valence-corrected chi connectivity index (χ2v) is 9.79. The highest BCUT2D eigenvalue weighted by Crippen LogP contribution is 2.32. The minimum absolute atomic E-state index is 0.00194. The van der Waals surface area contributed by atoms with Crippen molar-refractivity contribution in [3.63, 3.8) is 0 Å². The fourth-order valence-corrected chi connectivity index (χ4v) is 3.34. The van der Waals surface area contributed by atoms with Crippen molar-refractivity contribution in [2.45, 2.75) is 52.4 Å². The maximum atomic E-state index is 5.73. The van der Waals surface area contributed by atoms with Crippen LogP contribution in [0.25, 0.3) is 22.5 Å². The molecule has 0 aliphatic heterocycles. The third kappa shape index (κ3) is 4.64. The normalized spacial score (nSPS) is 11.6. The summed E-state index contributed by atoms with van der Waals surface area (Å²) in [7, 11) is 0. The van der Waals surface area contributed by atoms with E-state index in [2.05, 4.69) is 77.6 Å². The quantitative estimate of drug-likeness (QED) is 0.430. The molecule has 3 rings (SSSR count). The predicted octanol–water partition coefficient (Wildman–Crippen LogP) is 6.97. The third-order valence-electron chi connectivity index (χ3n) is 5.27. The van der Waals surface area contributed by atoms with E-state index in [-0.39, 0.29) is 10.8 Å². The molecule has 0 N–H and O–H groups in total. The second-order valence-electron chi connectivity index (χ2n) is 9.79. The van der Waals surface area contributed by atoms with Crippen LogP contribution in [0.1, 0.15) is 63.8 Å². The van der Waals surface area contributed by atoms with Crippen molar-refractivity contribution in [1.29, 1.82) is 0 Å². The Morgan fingerprint density at radius 2 is 1.03 bits per heavy atom. The molecular formula is C29H29N. The first kappa shape index (κ1) is 21.4. The van der Waals surface area contributed by atoms with Crippen molar-refractivity contribution < 1.29 is 0 Å². The van der Waals surface area contributed by atoms with E-state index in [0.717, 1.165) is 33.6 Å². The van der Waals surface area contributed by atoms with E-state index in [4.69, 9.17) is 17.8 Å². The molecule has 0 saturated carbocycles. The summed E-state index contributed by atoms with van der Waals surface area (Å²) in [5.74, 6) is 5.57. The summed E-state index contributed by atoms with van der Waals surface area (Å²) >= 11 is 0. The molecule has 0 aliphatic carbocycles. The molecule has 0 unspecified atom stereocenters. The lowest BCUT2D eigenvalue weighted by molar-refractivity contribution is 0.590. The lowest BCUT2D eigenvalue weighted by Crippen LogP contribution is -2.11. The topological polar surface area (TPSA) is 12.9 Å². The Kier molecular flexibility index (Phi) is 5.61. The van der Waals surface area contributed by atoms with Gasteiger partial charge in [-0.1, -0.05) is 59.4 Å². The summed E-state index contributed by atoms with van der Waals surface area (Å²) in [6.45, 7) is 13.1. The van der Waals surface area contributed by atoms with Crippen LogP contribution in [0, 0.1) is 24.7 Å². The molecule has 3 aromatic rings. The van der Waals surface area contributed by atoms with Gasteiger partial charge >= 0.3 is 0 Å². The average Bonchev–Trinajstić information content (AvgIpc) is 2.71. The Bertz CT molecular complexity index is 1080. The first-order chi connectivity index (χ1) is 14.0. The average molecular weight is 392 g/mol. The predicted molar refractivity (Wildman–Crippen MR) is 128 cm³/mol. The van der Waals surface area contributed by atoms with Gasteiger partial charge < -0.3 is 0 Å². The molecule has 1 heterocycles. The van der Waals surface area contributed by atoms with E-state index >= 15 is 0 Å². The standard InChI is InChI=1S/C29H29N/c1-9-20-14-22(18-24(16-20)28(3,4)5)26-12-11-13-27(30-26)23-15-21(10-2)17-25(19-23)29(6,7)8/h1-2,11-19H,3-8H3. The first-order valence-corrected chi connectivity index (χ1v) is 10.2. The van der Waals surface area contributed by atoms with Crippen LogP contribution in [0.2, 0.25) is 0 Å². The number of nitrogens with zero attached hydrogens (tertiary/aromatic N) is 1. The Labute approximate surface area is 181 Å². The largest absolute Gasteiger partial charge is 0.248 e. The molecule has 0 bridgehead atoms. The van der Waals surface area contributed by atoms with Gasteiger partial charge in [-0.15, -0.1) is 12.8 Å². The molecule has 0 spiro atoms. The number of aromatic nitrogens is 1. The Morgan fingerprint density at radius 3 is 1.37 bits per heavy atom. The van der Waals surface area contributed by atoms with Crippen molar-refractivity contribution in [3.05, 3.63) is 76.9 Å². The molecule has 30 heavy (non-hydrogen) atoms. The van der Waals surface area contributed by atoms with E-state index in [9.17, 15) is 0 Å². The molecule has 0 fully saturated rings. The Balaban J connectivity index is 2.16. The zero-order valence-corrected chi connectivity index (χ0v) is 18.8. The smallest absolute Gasteiger partial charge is 0.0710 e. The van der Waals surface area contributed by atoms with Crippen LogP contribution in [0.3, 0.4) is 0 Å². The van der Waals surface area contributed by atoms with Gasteiger partial charge in [0, 0.05) is 22.3 Å².